The van der Waals surface area contributed by atoms with Gasteiger partial charge in [0.1, 0.15) is 0 Å². The standard InChI is InChI=1S/C7H13N3S/c1-6(2)10-4-7(5-11-3)8-9-10/h4,6H,5H2,1-3H3. The molecular formula is C7H13N3S. The lowest BCUT2D eigenvalue weighted by Crippen LogP contribution is -2.00. The van der Waals surface area contributed by atoms with E-state index in [0.717, 1.165) is 11.4 Å². The Morgan fingerprint density at radius 2 is 2.36 bits per heavy atom. The number of hydrogen-bond donors (Lipinski definition) is 0. The molecular weight excluding hydrogens is 158 g/mol. The van der Waals surface area contributed by atoms with Gasteiger partial charge in [0, 0.05) is 18.0 Å². The summed E-state index contributed by atoms with van der Waals surface area (Å²) in [7, 11) is 0. The summed E-state index contributed by atoms with van der Waals surface area (Å²) >= 11 is 1.76. The van der Waals surface area contributed by atoms with Gasteiger partial charge in [-0.2, -0.15) is 11.8 Å². The van der Waals surface area contributed by atoms with Crippen LogP contribution in [-0.2, 0) is 5.75 Å². The van der Waals surface area contributed by atoms with Crippen LogP contribution in [0.15, 0.2) is 6.20 Å². The number of thioether (sulfide) groups is 1. The molecule has 0 spiro atoms. The van der Waals surface area contributed by atoms with Crippen LogP contribution in [0, 0.1) is 0 Å². The van der Waals surface area contributed by atoms with Crippen LogP contribution in [0.1, 0.15) is 25.6 Å². The van der Waals surface area contributed by atoms with Crippen LogP contribution in [-0.4, -0.2) is 21.2 Å². The fraction of sp³-hybridized carbons (Fsp3) is 0.714. The lowest BCUT2D eigenvalue weighted by molar-refractivity contribution is 0.514. The first-order valence-corrected chi connectivity index (χ1v) is 5.03. The SMILES string of the molecule is CSCc1cn(C(C)C)nn1. The van der Waals surface area contributed by atoms with Gasteiger partial charge in [0.15, 0.2) is 0 Å². The van der Waals surface area contributed by atoms with Crippen LogP contribution in [0.2, 0.25) is 0 Å². The molecule has 11 heavy (non-hydrogen) atoms. The van der Waals surface area contributed by atoms with Gasteiger partial charge in [0.2, 0.25) is 0 Å². The van der Waals surface area contributed by atoms with Crippen LogP contribution in [0.3, 0.4) is 0 Å². The molecule has 0 saturated carbocycles. The summed E-state index contributed by atoms with van der Waals surface area (Å²) in [5.74, 6) is 0.951. The fourth-order valence-electron chi connectivity index (χ4n) is 0.780. The zero-order valence-corrected chi connectivity index (χ0v) is 7.93. The second-order valence-corrected chi connectivity index (χ2v) is 3.58. The van der Waals surface area contributed by atoms with Crippen LogP contribution in [0.4, 0.5) is 0 Å². The van der Waals surface area contributed by atoms with E-state index in [2.05, 4.69) is 30.4 Å². The highest BCUT2D eigenvalue weighted by Gasteiger charge is 2.01. The Labute approximate surface area is 71.2 Å². The van der Waals surface area contributed by atoms with Crippen molar-refractivity contribution in [2.45, 2.75) is 25.6 Å². The van der Waals surface area contributed by atoms with Crippen LogP contribution >= 0.6 is 11.8 Å². The van der Waals surface area contributed by atoms with E-state index in [0.29, 0.717) is 6.04 Å². The molecule has 1 aromatic heterocycles. The van der Waals surface area contributed by atoms with Gasteiger partial charge >= 0.3 is 0 Å². The van der Waals surface area contributed by atoms with E-state index >= 15 is 0 Å². The summed E-state index contributed by atoms with van der Waals surface area (Å²) in [5.41, 5.74) is 1.06. The first-order valence-electron chi connectivity index (χ1n) is 3.63. The molecule has 1 heterocycles. The molecule has 62 valence electrons. The van der Waals surface area contributed by atoms with Gasteiger partial charge in [-0.3, -0.25) is 0 Å². The zero-order chi connectivity index (χ0) is 8.27. The van der Waals surface area contributed by atoms with Crippen molar-refractivity contribution in [3.05, 3.63) is 11.9 Å². The van der Waals surface area contributed by atoms with Crippen molar-refractivity contribution in [1.82, 2.24) is 15.0 Å². The number of aromatic nitrogens is 3. The van der Waals surface area contributed by atoms with E-state index in [4.69, 9.17) is 0 Å². The van der Waals surface area contributed by atoms with Gasteiger partial charge in [-0.25, -0.2) is 4.68 Å². The Morgan fingerprint density at radius 3 is 2.82 bits per heavy atom. The van der Waals surface area contributed by atoms with Crippen molar-refractivity contribution >= 4 is 11.8 Å². The zero-order valence-electron chi connectivity index (χ0n) is 7.11. The molecule has 0 saturated heterocycles. The summed E-state index contributed by atoms with van der Waals surface area (Å²) in [6.45, 7) is 4.19. The second-order valence-electron chi connectivity index (χ2n) is 2.72. The molecule has 0 atom stereocenters. The molecule has 3 nitrogen and oxygen atoms in total. The lowest BCUT2D eigenvalue weighted by atomic mass is 10.4. The maximum absolute atomic E-state index is 4.02. The van der Waals surface area contributed by atoms with Gasteiger partial charge < -0.3 is 0 Å². The largest absolute Gasteiger partial charge is 0.250 e. The van der Waals surface area contributed by atoms with E-state index in [1.807, 2.05) is 10.9 Å². The molecule has 0 amide bonds. The summed E-state index contributed by atoms with van der Waals surface area (Å²) in [6, 6.07) is 0.415. The monoisotopic (exact) mass is 171 g/mol. The Hall–Kier alpha value is -0.510. The first-order chi connectivity index (χ1) is 5.24. The highest BCUT2D eigenvalue weighted by molar-refractivity contribution is 7.97. The van der Waals surface area contributed by atoms with E-state index in [9.17, 15) is 0 Å². The quantitative estimate of drug-likeness (QED) is 0.693. The second kappa shape index (κ2) is 3.76. The van der Waals surface area contributed by atoms with Crippen molar-refractivity contribution in [3.63, 3.8) is 0 Å². The molecule has 4 heteroatoms. The van der Waals surface area contributed by atoms with Crippen LogP contribution in [0.5, 0.6) is 0 Å². The van der Waals surface area contributed by atoms with Crippen molar-refractivity contribution in [2.75, 3.05) is 6.26 Å². The average Bonchev–Trinajstić information content (AvgIpc) is 2.37. The summed E-state index contributed by atoms with van der Waals surface area (Å²) in [6.07, 6.45) is 4.07. The van der Waals surface area contributed by atoms with Crippen molar-refractivity contribution in [2.24, 2.45) is 0 Å². The fourth-order valence-corrected chi connectivity index (χ4v) is 1.21. The van der Waals surface area contributed by atoms with Crippen molar-refractivity contribution in [1.29, 1.82) is 0 Å². The van der Waals surface area contributed by atoms with E-state index in [1.54, 1.807) is 11.8 Å². The third kappa shape index (κ3) is 2.22. The highest BCUT2D eigenvalue weighted by Crippen LogP contribution is 2.07. The molecule has 0 radical (unpaired) electrons. The molecule has 0 aliphatic heterocycles. The molecule has 0 fully saturated rings. The molecule has 0 aliphatic rings. The smallest absolute Gasteiger partial charge is 0.0925 e. The minimum absolute atomic E-state index is 0.415. The van der Waals surface area contributed by atoms with E-state index in [1.165, 1.54) is 0 Å². The number of hydrogen-bond acceptors (Lipinski definition) is 3. The van der Waals surface area contributed by atoms with Gasteiger partial charge in [-0.05, 0) is 20.1 Å². The summed E-state index contributed by atoms with van der Waals surface area (Å²) in [5, 5.41) is 8.01. The summed E-state index contributed by atoms with van der Waals surface area (Å²) < 4.78 is 1.88. The number of rotatable bonds is 3. The molecule has 0 aromatic carbocycles. The lowest BCUT2D eigenvalue weighted by Gasteiger charge is -2.00. The van der Waals surface area contributed by atoms with Crippen molar-refractivity contribution < 1.29 is 0 Å². The minimum Gasteiger partial charge on any atom is -0.250 e. The predicted molar refractivity (Wildman–Crippen MR) is 47.6 cm³/mol. The molecule has 0 N–H and O–H groups in total. The third-order valence-electron chi connectivity index (χ3n) is 1.38. The third-order valence-corrected chi connectivity index (χ3v) is 1.96. The molecule has 1 rings (SSSR count). The topological polar surface area (TPSA) is 30.7 Å². The maximum Gasteiger partial charge on any atom is 0.0925 e. The van der Waals surface area contributed by atoms with Crippen molar-refractivity contribution in [3.8, 4) is 0 Å². The molecule has 0 bridgehead atoms. The minimum atomic E-state index is 0.415. The first kappa shape index (κ1) is 8.59. The molecule has 1 aromatic rings. The van der Waals surface area contributed by atoms with Crippen LogP contribution < -0.4 is 0 Å². The van der Waals surface area contributed by atoms with Gasteiger partial charge in [-0.1, -0.05) is 5.21 Å². The number of nitrogens with zero attached hydrogens (tertiary/aromatic N) is 3. The normalized spacial score (nSPS) is 10.9. The van der Waals surface area contributed by atoms with E-state index in [-0.39, 0.29) is 0 Å². The maximum atomic E-state index is 4.02. The van der Waals surface area contributed by atoms with Gasteiger partial charge in [0.05, 0.1) is 5.69 Å². The van der Waals surface area contributed by atoms with Crippen LogP contribution in [0.25, 0.3) is 0 Å². The molecule has 0 unspecified atom stereocenters. The van der Waals surface area contributed by atoms with E-state index < -0.39 is 0 Å². The molecule has 0 aliphatic carbocycles. The summed E-state index contributed by atoms with van der Waals surface area (Å²) in [4.78, 5) is 0. The Kier molecular flexibility index (Phi) is 2.93. The Morgan fingerprint density at radius 1 is 1.64 bits per heavy atom. The Balaban J connectivity index is 2.66. The Bertz CT molecular complexity index is 219. The predicted octanol–water partition coefficient (Wildman–Crippen LogP) is 1.72. The van der Waals surface area contributed by atoms with Gasteiger partial charge in [0.25, 0.3) is 0 Å². The average molecular weight is 171 g/mol. The van der Waals surface area contributed by atoms with Gasteiger partial charge in [-0.15, -0.1) is 5.10 Å². The highest BCUT2D eigenvalue weighted by atomic mass is 32.2.